The summed E-state index contributed by atoms with van der Waals surface area (Å²) >= 11 is 0. The maximum absolute atomic E-state index is 12.5. The van der Waals surface area contributed by atoms with Crippen LogP contribution in [0.3, 0.4) is 0 Å². The largest absolute Gasteiger partial charge is 0.344 e. The van der Waals surface area contributed by atoms with E-state index in [0.29, 0.717) is 5.56 Å². The molecule has 6 heteroatoms. The van der Waals surface area contributed by atoms with Crippen molar-refractivity contribution in [2.24, 2.45) is 0 Å². The number of amides is 1. The van der Waals surface area contributed by atoms with Gasteiger partial charge in [-0.15, -0.1) is 0 Å². The number of unbranched alkanes of at least 4 members (excludes halogenated alkanes) is 13. The van der Waals surface area contributed by atoms with Gasteiger partial charge in [-0.3, -0.25) is 4.79 Å². The maximum atomic E-state index is 12.5. The molecule has 1 aliphatic rings. The second kappa shape index (κ2) is 14.0. The van der Waals surface area contributed by atoms with Crippen molar-refractivity contribution in [2.45, 2.75) is 122 Å². The van der Waals surface area contributed by atoms with Crippen LogP contribution < -0.4 is 6.15 Å². The third-order valence-corrected chi connectivity index (χ3v) is 8.67. The highest BCUT2D eigenvalue weighted by molar-refractivity contribution is 7.90. The van der Waals surface area contributed by atoms with E-state index in [0.717, 1.165) is 33.8 Å². The molecular formula is C26H46N2O3S. The van der Waals surface area contributed by atoms with Crippen molar-refractivity contribution in [3.05, 3.63) is 28.3 Å². The summed E-state index contributed by atoms with van der Waals surface area (Å²) in [6, 6.07) is 1.75. The molecule has 0 saturated heterocycles. The van der Waals surface area contributed by atoms with Gasteiger partial charge in [-0.25, -0.2) is 12.7 Å². The fourth-order valence-electron chi connectivity index (χ4n) is 4.60. The first-order valence-corrected chi connectivity index (χ1v) is 13.9. The van der Waals surface area contributed by atoms with Gasteiger partial charge in [0.2, 0.25) is 0 Å². The minimum Gasteiger partial charge on any atom is -0.344 e. The standard InChI is InChI=1S/C26H43NO3S.H3N/c1-5-6-7-8-9-10-11-12-13-14-15-16-17-18-19-23-20-24-25(22(3)21(23)2)26(28)27(4)31(24,29)30;/h20H,5-19H2,1-4H3;1H3. The smallest absolute Gasteiger partial charge is 0.269 e. The number of rotatable bonds is 15. The van der Waals surface area contributed by atoms with E-state index in [1.165, 1.54) is 90.5 Å². The Morgan fingerprint density at radius 1 is 0.750 bits per heavy atom. The number of fused-ring (bicyclic) bond motifs is 1. The van der Waals surface area contributed by atoms with Crippen molar-refractivity contribution in [3.63, 3.8) is 0 Å². The topological polar surface area (TPSA) is 89.5 Å². The molecule has 0 spiro atoms. The van der Waals surface area contributed by atoms with Crippen molar-refractivity contribution in [2.75, 3.05) is 7.05 Å². The van der Waals surface area contributed by atoms with Crippen molar-refractivity contribution < 1.29 is 13.2 Å². The first-order valence-electron chi connectivity index (χ1n) is 12.5. The minimum absolute atomic E-state index is 0. The normalized spacial score (nSPS) is 14.5. The van der Waals surface area contributed by atoms with Gasteiger partial charge in [0.15, 0.2) is 0 Å². The molecule has 1 aromatic rings. The lowest BCUT2D eigenvalue weighted by atomic mass is 9.94. The average Bonchev–Trinajstić information content (AvgIpc) is 2.91. The molecule has 0 aliphatic carbocycles. The maximum Gasteiger partial charge on any atom is 0.269 e. The molecule has 32 heavy (non-hydrogen) atoms. The molecule has 184 valence electrons. The Hall–Kier alpha value is -1.40. The van der Waals surface area contributed by atoms with E-state index in [-0.39, 0.29) is 11.0 Å². The van der Waals surface area contributed by atoms with Crippen LogP contribution >= 0.6 is 0 Å². The van der Waals surface area contributed by atoms with Crippen molar-refractivity contribution in [1.29, 1.82) is 0 Å². The predicted octanol–water partition coefficient (Wildman–Crippen LogP) is 7.26. The van der Waals surface area contributed by atoms with Gasteiger partial charge in [0.25, 0.3) is 15.9 Å². The molecule has 3 N–H and O–H groups in total. The van der Waals surface area contributed by atoms with Crippen LogP contribution in [0.5, 0.6) is 0 Å². The van der Waals surface area contributed by atoms with Crippen molar-refractivity contribution >= 4 is 15.9 Å². The molecule has 0 unspecified atom stereocenters. The summed E-state index contributed by atoms with van der Waals surface area (Å²) < 4.78 is 25.9. The molecule has 1 aromatic carbocycles. The van der Waals surface area contributed by atoms with E-state index in [1.54, 1.807) is 6.07 Å². The molecule has 0 bridgehead atoms. The monoisotopic (exact) mass is 466 g/mol. The fraction of sp³-hybridized carbons (Fsp3) is 0.731. The van der Waals surface area contributed by atoms with E-state index in [4.69, 9.17) is 0 Å². The predicted molar refractivity (Wildman–Crippen MR) is 134 cm³/mol. The third kappa shape index (κ3) is 7.31. The second-order valence-corrected chi connectivity index (χ2v) is 11.2. The lowest BCUT2D eigenvalue weighted by molar-refractivity contribution is 0.0891. The molecule has 0 aromatic heterocycles. The summed E-state index contributed by atoms with van der Waals surface area (Å²) in [4.78, 5) is 12.5. The molecule has 1 amide bonds. The molecule has 5 nitrogen and oxygen atoms in total. The minimum atomic E-state index is -3.67. The molecule has 1 heterocycles. The lowest BCUT2D eigenvalue weighted by Gasteiger charge is -2.12. The summed E-state index contributed by atoms with van der Waals surface area (Å²) in [7, 11) is -2.32. The third-order valence-electron chi connectivity index (χ3n) is 6.91. The number of sulfonamides is 1. The molecule has 0 atom stereocenters. The molecule has 0 fully saturated rings. The van der Waals surface area contributed by atoms with Crippen molar-refractivity contribution in [3.8, 4) is 0 Å². The summed E-state index contributed by atoms with van der Waals surface area (Å²) in [5, 5.41) is 0. The van der Waals surface area contributed by atoms with E-state index < -0.39 is 15.9 Å². The van der Waals surface area contributed by atoms with Gasteiger partial charge >= 0.3 is 0 Å². The quantitative estimate of drug-likeness (QED) is 0.275. The molecular weight excluding hydrogens is 420 g/mol. The Balaban J connectivity index is 0.00000512. The SMILES string of the molecule is CCCCCCCCCCCCCCCCc1cc2c(c(C)c1C)C(=O)N(C)S2(=O)=O.N. The Morgan fingerprint density at radius 2 is 1.19 bits per heavy atom. The highest BCUT2D eigenvalue weighted by Gasteiger charge is 2.40. The Kier molecular flexibility index (Phi) is 12.5. The highest BCUT2D eigenvalue weighted by atomic mass is 32.2. The van der Waals surface area contributed by atoms with Gasteiger partial charge in [-0.1, -0.05) is 90.4 Å². The Morgan fingerprint density at radius 3 is 1.66 bits per heavy atom. The fourth-order valence-corrected chi connectivity index (χ4v) is 6.00. The molecule has 1 aliphatic heterocycles. The van der Waals surface area contributed by atoms with E-state index >= 15 is 0 Å². The van der Waals surface area contributed by atoms with Crippen LogP contribution in [-0.2, 0) is 16.4 Å². The number of nitrogens with zero attached hydrogens (tertiary/aromatic N) is 1. The van der Waals surface area contributed by atoms with E-state index in [2.05, 4.69) is 6.92 Å². The van der Waals surface area contributed by atoms with Crippen LogP contribution in [0.2, 0.25) is 0 Å². The Bertz CT molecular complexity index is 834. The first kappa shape index (κ1) is 28.6. The Labute approximate surface area is 197 Å². The molecule has 0 radical (unpaired) electrons. The van der Waals surface area contributed by atoms with E-state index in [9.17, 15) is 13.2 Å². The van der Waals surface area contributed by atoms with Crippen LogP contribution in [0.1, 0.15) is 124 Å². The van der Waals surface area contributed by atoms with Crippen LogP contribution in [-0.4, -0.2) is 25.7 Å². The number of benzene rings is 1. The zero-order chi connectivity index (χ0) is 22.9. The van der Waals surface area contributed by atoms with Gasteiger partial charge in [-0.05, 0) is 49.4 Å². The number of carbonyl (C=O) groups excluding carboxylic acids is 1. The number of carbonyl (C=O) groups is 1. The average molecular weight is 467 g/mol. The summed E-state index contributed by atoms with van der Waals surface area (Å²) in [5.74, 6) is -0.404. The molecule has 2 rings (SSSR count). The lowest BCUT2D eigenvalue weighted by Crippen LogP contribution is -2.25. The zero-order valence-corrected chi connectivity index (χ0v) is 21.8. The second-order valence-electron chi connectivity index (χ2n) is 9.28. The highest BCUT2D eigenvalue weighted by Crippen LogP contribution is 2.35. The van der Waals surface area contributed by atoms with Gasteiger partial charge in [0.05, 0.1) is 5.56 Å². The van der Waals surface area contributed by atoms with Gasteiger partial charge in [0.1, 0.15) is 4.90 Å². The molecule has 0 saturated carbocycles. The summed E-state index contributed by atoms with van der Waals surface area (Å²) in [6.45, 7) is 6.14. The van der Waals surface area contributed by atoms with Crippen LogP contribution in [0, 0.1) is 13.8 Å². The van der Waals surface area contributed by atoms with Gasteiger partial charge in [-0.2, -0.15) is 0 Å². The first-order chi connectivity index (χ1) is 14.8. The number of aryl methyl sites for hydroxylation is 1. The van der Waals surface area contributed by atoms with E-state index in [1.807, 2.05) is 13.8 Å². The zero-order valence-electron chi connectivity index (χ0n) is 21.0. The number of hydrogen-bond donors (Lipinski definition) is 1. The van der Waals surface area contributed by atoms with Crippen LogP contribution in [0.15, 0.2) is 11.0 Å². The number of hydrogen-bond acceptors (Lipinski definition) is 4. The summed E-state index contributed by atoms with van der Waals surface area (Å²) in [5.41, 5.74) is 3.31. The van der Waals surface area contributed by atoms with Crippen LogP contribution in [0.25, 0.3) is 0 Å². The van der Waals surface area contributed by atoms with Crippen molar-refractivity contribution in [1.82, 2.24) is 10.5 Å². The van der Waals surface area contributed by atoms with Crippen LogP contribution in [0.4, 0.5) is 0 Å². The van der Waals surface area contributed by atoms with Gasteiger partial charge < -0.3 is 6.15 Å². The van der Waals surface area contributed by atoms with Gasteiger partial charge in [0, 0.05) is 7.05 Å². The summed E-state index contributed by atoms with van der Waals surface area (Å²) in [6.07, 6.45) is 19.5.